The summed E-state index contributed by atoms with van der Waals surface area (Å²) in [6.45, 7) is 5.84. The van der Waals surface area contributed by atoms with E-state index in [1.165, 1.54) is 6.07 Å². The number of hydrogen-bond acceptors (Lipinski definition) is 5. The molecule has 1 N–H and O–H groups in total. The van der Waals surface area contributed by atoms with Crippen LogP contribution in [-0.4, -0.2) is 37.7 Å². The average Bonchev–Trinajstić information content (AvgIpc) is 3.09. The standard InChI is InChI=1S/C21H21FN6/c1-12-7-17(27-28-11-13(2)25-21(12)28)15-8-16(22)20-18(9-15)24-10-19(26-20)14-3-5-23-6-4-14/h7-11,14,23H,3-6H2,1-2H3. The van der Waals surface area contributed by atoms with Crippen molar-refractivity contribution >= 4 is 16.7 Å². The number of aryl methyl sites for hydroxylation is 2. The Labute approximate surface area is 161 Å². The van der Waals surface area contributed by atoms with Crippen LogP contribution in [0.3, 0.4) is 0 Å². The Morgan fingerprint density at radius 2 is 1.93 bits per heavy atom. The first-order valence-electron chi connectivity index (χ1n) is 9.59. The van der Waals surface area contributed by atoms with Crippen LogP contribution in [0.2, 0.25) is 0 Å². The van der Waals surface area contributed by atoms with Gasteiger partial charge in [0.1, 0.15) is 5.52 Å². The quantitative estimate of drug-likeness (QED) is 0.579. The van der Waals surface area contributed by atoms with Crippen LogP contribution < -0.4 is 5.32 Å². The molecular weight excluding hydrogens is 355 g/mol. The second-order valence-corrected chi connectivity index (χ2v) is 7.51. The van der Waals surface area contributed by atoms with E-state index in [1.807, 2.05) is 32.2 Å². The van der Waals surface area contributed by atoms with Crippen molar-refractivity contribution in [2.24, 2.45) is 0 Å². The molecule has 0 atom stereocenters. The molecule has 4 aromatic rings. The van der Waals surface area contributed by atoms with Crippen molar-refractivity contribution < 1.29 is 4.39 Å². The van der Waals surface area contributed by atoms with Gasteiger partial charge in [0.2, 0.25) is 0 Å². The maximum Gasteiger partial charge on any atom is 0.156 e. The second kappa shape index (κ2) is 6.60. The van der Waals surface area contributed by atoms with Crippen molar-refractivity contribution in [2.75, 3.05) is 13.1 Å². The Morgan fingerprint density at radius 1 is 1.11 bits per heavy atom. The summed E-state index contributed by atoms with van der Waals surface area (Å²) in [5, 5.41) is 7.94. The number of benzene rings is 1. The van der Waals surface area contributed by atoms with E-state index in [2.05, 4.69) is 25.4 Å². The summed E-state index contributed by atoms with van der Waals surface area (Å²) in [5.41, 5.74) is 5.83. The van der Waals surface area contributed by atoms with Crippen LogP contribution in [0.1, 0.15) is 35.7 Å². The molecule has 4 heterocycles. The third-order valence-electron chi connectivity index (χ3n) is 5.40. The molecule has 0 aliphatic carbocycles. The van der Waals surface area contributed by atoms with Crippen molar-refractivity contribution in [1.82, 2.24) is 29.9 Å². The first-order chi connectivity index (χ1) is 13.6. The molecule has 1 aromatic carbocycles. The van der Waals surface area contributed by atoms with E-state index >= 15 is 0 Å². The minimum Gasteiger partial charge on any atom is -0.317 e. The molecular formula is C21H21FN6. The summed E-state index contributed by atoms with van der Waals surface area (Å²) in [6, 6.07) is 5.29. The van der Waals surface area contributed by atoms with Crippen molar-refractivity contribution in [3.63, 3.8) is 0 Å². The third-order valence-corrected chi connectivity index (χ3v) is 5.40. The normalized spacial score (nSPS) is 15.5. The number of hydrogen-bond donors (Lipinski definition) is 1. The van der Waals surface area contributed by atoms with Crippen LogP contribution in [0.15, 0.2) is 30.6 Å². The summed E-state index contributed by atoms with van der Waals surface area (Å²) < 4.78 is 16.7. The Balaban J connectivity index is 1.59. The SMILES string of the molecule is Cc1cn2nc(-c3cc(F)c4nc(C5CCNCC5)cnc4c3)cc(C)c2n1. The lowest BCUT2D eigenvalue weighted by molar-refractivity contribution is 0.453. The highest BCUT2D eigenvalue weighted by atomic mass is 19.1. The molecule has 3 aromatic heterocycles. The summed E-state index contributed by atoms with van der Waals surface area (Å²) in [6.07, 6.45) is 5.68. The van der Waals surface area contributed by atoms with Crippen LogP contribution in [0.5, 0.6) is 0 Å². The Hall–Kier alpha value is -2.93. The molecule has 0 unspecified atom stereocenters. The summed E-state index contributed by atoms with van der Waals surface area (Å²) in [4.78, 5) is 13.6. The number of rotatable bonds is 2. The molecule has 0 radical (unpaired) electrons. The zero-order chi connectivity index (χ0) is 19.3. The average molecular weight is 376 g/mol. The number of imidazole rings is 1. The molecule has 1 aliphatic rings. The topological polar surface area (TPSA) is 68.0 Å². The van der Waals surface area contributed by atoms with E-state index in [9.17, 15) is 4.39 Å². The molecule has 5 rings (SSSR count). The third kappa shape index (κ3) is 2.92. The van der Waals surface area contributed by atoms with Crippen molar-refractivity contribution in [1.29, 1.82) is 0 Å². The lowest BCUT2D eigenvalue weighted by Gasteiger charge is -2.22. The van der Waals surface area contributed by atoms with Crippen molar-refractivity contribution in [3.8, 4) is 11.3 Å². The number of aromatic nitrogens is 5. The number of halogens is 1. The fourth-order valence-corrected chi connectivity index (χ4v) is 3.94. The maximum absolute atomic E-state index is 14.9. The molecule has 142 valence electrons. The van der Waals surface area contributed by atoms with Gasteiger partial charge in [0.15, 0.2) is 11.5 Å². The smallest absolute Gasteiger partial charge is 0.156 e. The largest absolute Gasteiger partial charge is 0.317 e. The van der Waals surface area contributed by atoms with E-state index in [1.54, 1.807) is 10.7 Å². The monoisotopic (exact) mass is 376 g/mol. The second-order valence-electron chi connectivity index (χ2n) is 7.51. The van der Waals surface area contributed by atoms with E-state index in [4.69, 9.17) is 0 Å². The van der Waals surface area contributed by atoms with Crippen molar-refractivity contribution in [2.45, 2.75) is 32.6 Å². The molecule has 0 saturated carbocycles. The minimum absolute atomic E-state index is 0.330. The van der Waals surface area contributed by atoms with Crippen LogP contribution in [0.25, 0.3) is 27.9 Å². The summed E-state index contributed by atoms with van der Waals surface area (Å²) >= 11 is 0. The Morgan fingerprint density at radius 3 is 2.75 bits per heavy atom. The van der Waals surface area contributed by atoms with Gasteiger partial charge in [-0.15, -0.1) is 0 Å². The highest BCUT2D eigenvalue weighted by Crippen LogP contribution is 2.28. The summed E-state index contributed by atoms with van der Waals surface area (Å²) in [5.74, 6) is -0.0226. The molecule has 1 aliphatic heterocycles. The zero-order valence-corrected chi connectivity index (χ0v) is 15.9. The van der Waals surface area contributed by atoms with Gasteiger partial charge in [0.05, 0.1) is 28.8 Å². The number of piperidine rings is 1. The zero-order valence-electron chi connectivity index (χ0n) is 15.9. The Bertz CT molecular complexity index is 1190. The van der Waals surface area contributed by atoms with Crippen molar-refractivity contribution in [3.05, 3.63) is 53.4 Å². The first-order valence-corrected chi connectivity index (χ1v) is 9.59. The lowest BCUT2D eigenvalue weighted by atomic mass is 9.95. The van der Waals surface area contributed by atoms with Crippen LogP contribution in [0, 0.1) is 19.7 Å². The van der Waals surface area contributed by atoms with Gasteiger partial charge in [-0.25, -0.2) is 18.9 Å². The molecule has 7 heteroatoms. The fraction of sp³-hybridized carbons (Fsp3) is 0.333. The molecule has 28 heavy (non-hydrogen) atoms. The number of nitrogens with one attached hydrogen (secondary N) is 1. The molecule has 1 saturated heterocycles. The number of nitrogens with zero attached hydrogens (tertiary/aromatic N) is 5. The first kappa shape index (κ1) is 17.2. The van der Waals surface area contributed by atoms with E-state index in [0.717, 1.165) is 48.5 Å². The Kier molecular flexibility index (Phi) is 4.05. The van der Waals surface area contributed by atoms with Gasteiger partial charge in [-0.1, -0.05) is 0 Å². The molecule has 1 fully saturated rings. The molecule has 6 nitrogen and oxygen atoms in total. The van der Waals surface area contributed by atoms with E-state index < -0.39 is 0 Å². The van der Waals surface area contributed by atoms with E-state index in [-0.39, 0.29) is 5.82 Å². The predicted octanol–water partition coefficient (Wildman–Crippen LogP) is 3.56. The van der Waals surface area contributed by atoms with Gasteiger partial charge >= 0.3 is 0 Å². The molecule has 0 bridgehead atoms. The van der Waals surface area contributed by atoms with Gasteiger partial charge in [-0.2, -0.15) is 5.10 Å². The van der Waals surface area contributed by atoms with Gasteiger partial charge in [-0.3, -0.25) is 4.98 Å². The van der Waals surface area contributed by atoms with Gasteiger partial charge < -0.3 is 5.32 Å². The number of fused-ring (bicyclic) bond motifs is 2. The van der Waals surface area contributed by atoms with Gasteiger partial charge in [-0.05, 0) is 63.5 Å². The van der Waals surface area contributed by atoms with Gasteiger partial charge in [0.25, 0.3) is 0 Å². The van der Waals surface area contributed by atoms with Crippen LogP contribution >= 0.6 is 0 Å². The molecule has 0 spiro atoms. The summed E-state index contributed by atoms with van der Waals surface area (Å²) in [7, 11) is 0. The fourth-order valence-electron chi connectivity index (χ4n) is 3.94. The highest BCUT2D eigenvalue weighted by Gasteiger charge is 2.19. The van der Waals surface area contributed by atoms with Crippen LogP contribution in [-0.2, 0) is 0 Å². The predicted molar refractivity (Wildman–Crippen MR) is 106 cm³/mol. The van der Waals surface area contributed by atoms with Gasteiger partial charge in [0, 0.05) is 17.7 Å². The molecule has 0 amide bonds. The van der Waals surface area contributed by atoms with E-state index in [0.29, 0.717) is 28.2 Å². The minimum atomic E-state index is -0.364. The lowest BCUT2D eigenvalue weighted by Crippen LogP contribution is -2.27. The van der Waals surface area contributed by atoms with Crippen LogP contribution in [0.4, 0.5) is 4.39 Å². The highest BCUT2D eigenvalue weighted by molar-refractivity contribution is 5.81. The maximum atomic E-state index is 14.9.